The Balaban J connectivity index is 0.000000218. The molecule has 0 bridgehead atoms. The third-order valence-corrected chi connectivity index (χ3v) is 1.47. The molecule has 11 heavy (non-hydrogen) atoms. The highest BCUT2D eigenvalue weighted by Crippen LogP contribution is 1.95. The van der Waals surface area contributed by atoms with E-state index in [4.69, 9.17) is 5.73 Å². The molecule has 62 valence electrons. The zero-order valence-corrected chi connectivity index (χ0v) is 7.72. The quantitative estimate of drug-likeness (QED) is 0.490. The molecule has 0 fully saturated rings. The van der Waals surface area contributed by atoms with Crippen LogP contribution in [0.3, 0.4) is 0 Å². The van der Waals surface area contributed by atoms with Gasteiger partial charge in [0, 0.05) is 5.69 Å². The Kier molecular flexibility index (Phi) is 7.05. The summed E-state index contributed by atoms with van der Waals surface area (Å²) in [5.74, 6) is 1.01. The zero-order chi connectivity index (χ0) is 8.53. The molecule has 0 aliphatic carbocycles. The number of nitrogen functional groups attached to an aromatic ring is 1. The van der Waals surface area contributed by atoms with E-state index in [1.165, 1.54) is 6.42 Å². The minimum Gasteiger partial charge on any atom is -0.399 e. The van der Waals surface area contributed by atoms with E-state index in [1.807, 2.05) is 30.3 Å². The van der Waals surface area contributed by atoms with Crippen LogP contribution in [0.4, 0.5) is 5.69 Å². The number of benzene rings is 1. The molecule has 0 aliphatic rings. The van der Waals surface area contributed by atoms with E-state index in [2.05, 4.69) is 19.6 Å². The Morgan fingerprint density at radius 3 is 1.91 bits per heavy atom. The van der Waals surface area contributed by atoms with Crippen molar-refractivity contribution in [3.8, 4) is 0 Å². The van der Waals surface area contributed by atoms with Gasteiger partial charge in [-0.1, -0.05) is 25.1 Å². The van der Waals surface area contributed by atoms with E-state index in [0.717, 1.165) is 11.4 Å². The van der Waals surface area contributed by atoms with Gasteiger partial charge in [0.1, 0.15) is 0 Å². The van der Waals surface area contributed by atoms with Crippen molar-refractivity contribution < 1.29 is 0 Å². The Labute approximate surface area is 74.0 Å². The fourth-order valence-corrected chi connectivity index (χ4v) is 0.453. The Morgan fingerprint density at radius 2 is 1.73 bits per heavy atom. The number of rotatable bonds is 1. The second kappa shape index (κ2) is 7.48. The molecule has 0 heterocycles. The van der Waals surface area contributed by atoms with Crippen molar-refractivity contribution in [3.05, 3.63) is 30.3 Å². The highest BCUT2D eigenvalue weighted by atomic mass is 32.1. The lowest BCUT2D eigenvalue weighted by Crippen LogP contribution is -1.79. The SMILES string of the molecule is CCCS.Nc1ccccc1. The molecular weight excluding hydrogens is 154 g/mol. The second-order valence-corrected chi connectivity index (χ2v) is 2.58. The van der Waals surface area contributed by atoms with Gasteiger partial charge in [-0.05, 0) is 24.3 Å². The number of para-hydroxylation sites is 1. The third kappa shape index (κ3) is 7.26. The summed E-state index contributed by atoms with van der Waals surface area (Å²) >= 11 is 3.92. The van der Waals surface area contributed by atoms with E-state index in [-0.39, 0.29) is 0 Å². The van der Waals surface area contributed by atoms with Crippen LogP contribution in [-0.2, 0) is 0 Å². The van der Waals surface area contributed by atoms with Crippen LogP contribution in [0.25, 0.3) is 0 Å². The molecule has 1 nitrogen and oxygen atoms in total. The molecule has 0 aromatic heterocycles. The fourth-order valence-electron chi connectivity index (χ4n) is 0.453. The largest absolute Gasteiger partial charge is 0.399 e. The van der Waals surface area contributed by atoms with Gasteiger partial charge < -0.3 is 5.73 Å². The zero-order valence-electron chi connectivity index (χ0n) is 6.83. The molecule has 0 saturated heterocycles. The first-order valence-electron chi connectivity index (χ1n) is 3.72. The van der Waals surface area contributed by atoms with E-state index in [9.17, 15) is 0 Å². The van der Waals surface area contributed by atoms with Crippen LogP contribution in [0.5, 0.6) is 0 Å². The Hall–Kier alpha value is -0.630. The molecule has 0 spiro atoms. The van der Waals surface area contributed by atoms with Gasteiger partial charge in [0.25, 0.3) is 0 Å². The summed E-state index contributed by atoms with van der Waals surface area (Å²) in [7, 11) is 0. The maximum atomic E-state index is 5.36. The molecule has 0 amide bonds. The van der Waals surface area contributed by atoms with Crippen molar-refractivity contribution in [2.75, 3.05) is 11.5 Å². The summed E-state index contributed by atoms with van der Waals surface area (Å²) in [6.07, 6.45) is 1.18. The summed E-state index contributed by atoms with van der Waals surface area (Å²) in [5, 5.41) is 0. The number of thiol groups is 1. The van der Waals surface area contributed by atoms with Gasteiger partial charge in [-0.15, -0.1) is 0 Å². The van der Waals surface area contributed by atoms with Gasteiger partial charge in [0.2, 0.25) is 0 Å². The van der Waals surface area contributed by atoms with Crippen LogP contribution in [0.15, 0.2) is 30.3 Å². The van der Waals surface area contributed by atoms with E-state index < -0.39 is 0 Å². The number of hydrogen-bond donors (Lipinski definition) is 2. The lowest BCUT2D eigenvalue weighted by Gasteiger charge is -1.83. The topological polar surface area (TPSA) is 26.0 Å². The molecule has 0 saturated carbocycles. The van der Waals surface area contributed by atoms with Crippen LogP contribution in [0.2, 0.25) is 0 Å². The maximum Gasteiger partial charge on any atom is 0.0313 e. The molecule has 1 rings (SSSR count). The summed E-state index contributed by atoms with van der Waals surface area (Å²) < 4.78 is 0. The van der Waals surface area contributed by atoms with E-state index >= 15 is 0 Å². The van der Waals surface area contributed by atoms with E-state index in [1.54, 1.807) is 0 Å². The van der Waals surface area contributed by atoms with Gasteiger partial charge >= 0.3 is 0 Å². The van der Waals surface area contributed by atoms with Crippen LogP contribution in [0.1, 0.15) is 13.3 Å². The van der Waals surface area contributed by atoms with Crippen molar-refractivity contribution in [2.45, 2.75) is 13.3 Å². The average Bonchev–Trinajstić information content (AvgIpc) is 2.07. The Morgan fingerprint density at radius 1 is 1.27 bits per heavy atom. The summed E-state index contributed by atoms with van der Waals surface area (Å²) in [6.45, 7) is 2.10. The highest BCUT2D eigenvalue weighted by molar-refractivity contribution is 7.80. The van der Waals surface area contributed by atoms with Gasteiger partial charge in [-0.3, -0.25) is 0 Å². The van der Waals surface area contributed by atoms with Gasteiger partial charge in [-0.25, -0.2) is 0 Å². The van der Waals surface area contributed by atoms with Crippen molar-refractivity contribution in [2.24, 2.45) is 0 Å². The van der Waals surface area contributed by atoms with Crippen molar-refractivity contribution >= 4 is 18.3 Å². The molecule has 2 N–H and O–H groups in total. The molecule has 1 aromatic rings. The predicted octanol–water partition coefficient (Wildman–Crippen LogP) is 2.60. The van der Waals surface area contributed by atoms with Crippen molar-refractivity contribution in [1.29, 1.82) is 0 Å². The number of nitrogens with two attached hydrogens (primary N) is 1. The predicted molar refractivity (Wildman–Crippen MR) is 55.0 cm³/mol. The summed E-state index contributed by atoms with van der Waals surface area (Å²) in [4.78, 5) is 0. The van der Waals surface area contributed by atoms with Crippen molar-refractivity contribution in [1.82, 2.24) is 0 Å². The normalized spacial score (nSPS) is 8.18. The highest BCUT2D eigenvalue weighted by Gasteiger charge is 1.72. The van der Waals surface area contributed by atoms with Crippen LogP contribution >= 0.6 is 12.6 Å². The summed E-state index contributed by atoms with van der Waals surface area (Å²) in [6, 6.07) is 9.49. The molecule has 1 aromatic carbocycles. The third-order valence-electron chi connectivity index (χ3n) is 1.02. The maximum absolute atomic E-state index is 5.36. The first-order chi connectivity index (χ1) is 5.31. The Bertz CT molecular complexity index is 160. The molecular formula is C9H15NS. The van der Waals surface area contributed by atoms with Crippen LogP contribution in [0, 0.1) is 0 Å². The first-order valence-corrected chi connectivity index (χ1v) is 4.36. The van der Waals surface area contributed by atoms with Crippen molar-refractivity contribution in [3.63, 3.8) is 0 Å². The number of hydrogen-bond acceptors (Lipinski definition) is 2. The van der Waals surface area contributed by atoms with Gasteiger partial charge in [0.05, 0.1) is 0 Å². The minimum absolute atomic E-state index is 0.822. The smallest absolute Gasteiger partial charge is 0.0313 e. The fraction of sp³-hybridized carbons (Fsp3) is 0.333. The molecule has 0 aliphatic heterocycles. The average molecular weight is 169 g/mol. The summed E-state index contributed by atoms with van der Waals surface area (Å²) in [5.41, 5.74) is 6.18. The van der Waals surface area contributed by atoms with E-state index in [0.29, 0.717) is 0 Å². The monoisotopic (exact) mass is 169 g/mol. The number of anilines is 1. The molecule has 2 heteroatoms. The lowest BCUT2D eigenvalue weighted by atomic mass is 10.3. The molecule has 0 radical (unpaired) electrons. The second-order valence-electron chi connectivity index (χ2n) is 2.13. The van der Waals surface area contributed by atoms with Gasteiger partial charge in [-0.2, -0.15) is 12.6 Å². The molecule has 0 unspecified atom stereocenters. The standard InChI is InChI=1S/C6H7N.C3H8S/c7-6-4-2-1-3-5-6;1-2-3-4/h1-5H,7H2;4H,2-3H2,1H3. The minimum atomic E-state index is 0.822. The van der Waals surface area contributed by atoms with Crippen LogP contribution < -0.4 is 5.73 Å². The van der Waals surface area contributed by atoms with Gasteiger partial charge in [0.15, 0.2) is 0 Å². The van der Waals surface area contributed by atoms with Crippen LogP contribution in [-0.4, -0.2) is 5.75 Å². The lowest BCUT2D eigenvalue weighted by molar-refractivity contribution is 1.11. The molecule has 0 atom stereocenters. The first kappa shape index (κ1) is 10.4.